The molecule has 3 nitrogen and oxygen atoms in total. The van der Waals surface area contributed by atoms with Gasteiger partial charge in [-0.25, -0.2) is 0 Å². The smallest absolute Gasteiger partial charge is 0.252 e. The molecule has 1 N–H and O–H groups in total. The molecule has 0 spiro atoms. The van der Waals surface area contributed by atoms with Crippen molar-refractivity contribution >= 4 is 29.0 Å². The minimum Gasteiger partial charge on any atom is -0.492 e. The highest BCUT2D eigenvalue weighted by Gasteiger charge is 2.11. The summed E-state index contributed by atoms with van der Waals surface area (Å²) in [5, 5.41) is 5.01. The van der Waals surface area contributed by atoms with Gasteiger partial charge in [-0.1, -0.05) is 30.3 Å². The maximum absolute atomic E-state index is 12.5. The van der Waals surface area contributed by atoms with Crippen LogP contribution >= 0.6 is 23.1 Å². The van der Waals surface area contributed by atoms with Gasteiger partial charge < -0.3 is 10.1 Å². The van der Waals surface area contributed by atoms with E-state index in [-0.39, 0.29) is 5.91 Å². The molecule has 3 aromatic rings. The van der Waals surface area contributed by atoms with Crippen LogP contribution in [0.4, 0.5) is 0 Å². The zero-order valence-electron chi connectivity index (χ0n) is 14.6. The Morgan fingerprint density at radius 2 is 2.00 bits per heavy atom. The van der Waals surface area contributed by atoms with E-state index in [1.807, 2.05) is 61.5 Å². The van der Waals surface area contributed by atoms with Gasteiger partial charge in [-0.05, 0) is 48.2 Å². The Balaban J connectivity index is 1.51. The van der Waals surface area contributed by atoms with Crippen molar-refractivity contribution in [2.75, 3.05) is 13.2 Å². The van der Waals surface area contributed by atoms with Crippen LogP contribution in [0.5, 0.6) is 5.75 Å². The van der Waals surface area contributed by atoms with Crippen LogP contribution in [-0.2, 0) is 5.75 Å². The van der Waals surface area contributed by atoms with E-state index in [1.54, 1.807) is 23.1 Å². The molecule has 1 amide bonds. The summed E-state index contributed by atoms with van der Waals surface area (Å²) in [7, 11) is 0. The highest BCUT2D eigenvalue weighted by atomic mass is 32.2. The second-order valence-corrected chi connectivity index (χ2v) is 7.83. The van der Waals surface area contributed by atoms with E-state index < -0.39 is 0 Å². The SMILES string of the molecule is Cc1cccc(OCCNC(=O)c2ccccc2SCc2cccs2)c1. The van der Waals surface area contributed by atoms with Gasteiger partial charge in [0.15, 0.2) is 0 Å². The topological polar surface area (TPSA) is 38.3 Å². The summed E-state index contributed by atoms with van der Waals surface area (Å²) in [6.07, 6.45) is 0. The van der Waals surface area contributed by atoms with E-state index in [4.69, 9.17) is 4.74 Å². The Kier molecular flexibility index (Phi) is 6.75. The number of nitrogens with one attached hydrogen (secondary N) is 1. The van der Waals surface area contributed by atoms with Crippen molar-refractivity contribution in [2.24, 2.45) is 0 Å². The normalized spacial score (nSPS) is 10.5. The first-order valence-electron chi connectivity index (χ1n) is 8.44. The third kappa shape index (κ3) is 5.38. The number of carbonyl (C=O) groups excluding carboxylic acids is 1. The van der Waals surface area contributed by atoms with Crippen molar-refractivity contribution in [3.63, 3.8) is 0 Å². The number of carbonyl (C=O) groups is 1. The van der Waals surface area contributed by atoms with Crippen LogP contribution < -0.4 is 10.1 Å². The second-order valence-electron chi connectivity index (χ2n) is 5.79. The first kappa shape index (κ1) is 18.5. The van der Waals surface area contributed by atoms with E-state index in [1.165, 1.54) is 4.88 Å². The maximum Gasteiger partial charge on any atom is 0.252 e. The van der Waals surface area contributed by atoms with Crippen molar-refractivity contribution in [3.05, 3.63) is 82.0 Å². The number of hydrogen-bond donors (Lipinski definition) is 1. The van der Waals surface area contributed by atoms with E-state index in [2.05, 4.69) is 16.8 Å². The molecule has 0 radical (unpaired) electrons. The predicted molar refractivity (Wildman–Crippen MR) is 109 cm³/mol. The zero-order chi connectivity index (χ0) is 18.2. The first-order chi connectivity index (χ1) is 12.7. The number of amides is 1. The van der Waals surface area contributed by atoms with Gasteiger partial charge in [0.2, 0.25) is 0 Å². The lowest BCUT2D eigenvalue weighted by Crippen LogP contribution is -2.28. The Bertz CT molecular complexity index is 847. The van der Waals surface area contributed by atoms with Crippen molar-refractivity contribution < 1.29 is 9.53 Å². The predicted octanol–water partition coefficient (Wildman–Crippen LogP) is 5.16. The Hall–Kier alpha value is -2.24. The van der Waals surface area contributed by atoms with Gasteiger partial charge in [0, 0.05) is 15.5 Å². The molecule has 0 saturated carbocycles. The van der Waals surface area contributed by atoms with Crippen LogP contribution in [0, 0.1) is 6.92 Å². The molecule has 0 saturated heterocycles. The summed E-state index contributed by atoms with van der Waals surface area (Å²) in [5.41, 5.74) is 1.87. The molecular weight excluding hydrogens is 362 g/mol. The van der Waals surface area contributed by atoms with Crippen molar-refractivity contribution in [1.29, 1.82) is 0 Å². The molecule has 26 heavy (non-hydrogen) atoms. The van der Waals surface area contributed by atoms with E-state index in [0.29, 0.717) is 18.7 Å². The minimum atomic E-state index is -0.0629. The second kappa shape index (κ2) is 9.46. The monoisotopic (exact) mass is 383 g/mol. The third-order valence-corrected chi connectivity index (χ3v) is 5.91. The Labute approximate surface area is 162 Å². The maximum atomic E-state index is 12.5. The average molecular weight is 384 g/mol. The molecule has 0 aliphatic heterocycles. The molecule has 1 aromatic heterocycles. The third-order valence-electron chi connectivity index (χ3n) is 3.73. The largest absolute Gasteiger partial charge is 0.492 e. The van der Waals surface area contributed by atoms with E-state index in [9.17, 15) is 4.79 Å². The summed E-state index contributed by atoms with van der Waals surface area (Å²) in [4.78, 5) is 14.8. The highest BCUT2D eigenvalue weighted by Crippen LogP contribution is 2.27. The molecule has 134 valence electrons. The standard InChI is InChI=1S/C21H21NO2S2/c1-16-6-4-7-17(14-16)24-12-11-22-21(23)19-9-2-3-10-20(19)26-15-18-8-5-13-25-18/h2-10,13-14H,11-12,15H2,1H3,(H,22,23). The number of rotatable bonds is 8. The van der Waals surface area contributed by atoms with Crippen LogP contribution in [0.2, 0.25) is 0 Å². The fourth-order valence-electron chi connectivity index (χ4n) is 2.46. The number of hydrogen-bond acceptors (Lipinski definition) is 4. The summed E-state index contributed by atoms with van der Waals surface area (Å²) in [6, 6.07) is 19.8. The zero-order valence-corrected chi connectivity index (χ0v) is 16.2. The molecule has 0 unspecified atom stereocenters. The molecule has 3 rings (SSSR count). The van der Waals surface area contributed by atoms with E-state index >= 15 is 0 Å². The van der Waals surface area contributed by atoms with Crippen LogP contribution in [0.15, 0.2) is 70.9 Å². The summed E-state index contributed by atoms with van der Waals surface area (Å²) in [5.74, 6) is 1.64. The van der Waals surface area contributed by atoms with Gasteiger partial charge in [0.05, 0.1) is 12.1 Å². The average Bonchev–Trinajstić information content (AvgIpc) is 3.17. The Morgan fingerprint density at radius 3 is 2.81 bits per heavy atom. The lowest BCUT2D eigenvalue weighted by atomic mass is 10.2. The number of aryl methyl sites for hydroxylation is 1. The summed E-state index contributed by atoms with van der Waals surface area (Å²) < 4.78 is 5.68. The van der Waals surface area contributed by atoms with E-state index in [0.717, 1.165) is 22.0 Å². The fourth-order valence-corrected chi connectivity index (χ4v) is 4.28. The molecule has 0 atom stereocenters. The van der Waals surface area contributed by atoms with Gasteiger partial charge in [0.25, 0.3) is 5.91 Å². The molecule has 0 fully saturated rings. The molecule has 0 bridgehead atoms. The van der Waals surface area contributed by atoms with Crippen LogP contribution in [-0.4, -0.2) is 19.1 Å². The van der Waals surface area contributed by atoms with Gasteiger partial charge in [0.1, 0.15) is 12.4 Å². The lowest BCUT2D eigenvalue weighted by Gasteiger charge is -2.11. The highest BCUT2D eigenvalue weighted by molar-refractivity contribution is 7.98. The van der Waals surface area contributed by atoms with Gasteiger partial charge >= 0.3 is 0 Å². The first-order valence-corrected chi connectivity index (χ1v) is 10.3. The van der Waals surface area contributed by atoms with Crippen molar-refractivity contribution in [1.82, 2.24) is 5.32 Å². The molecule has 5 heteroatoms. The van der Waals surface area contributed by atoms with Crippen LogP contribution in [0.25, 0.3) is 0 Å². The number of thiophene rings is 1. The fraction of sp³-hybridized carbons (Fsp3) is 0.190. The van der Waals surface area contributed by atoms with Crippen LogP contribution in [0.3, 0.4) is 0 Å². The number of thioether (sulfide) groups is 1. The number of benzene rings is 2. The van der Waals surface area contributed by atoms with Crippen LogP contribution in [0.1, 0.15) is 20.8 Å². The summed E-state index contributed by atoms with van der Waals surface area (Å²) in [6.45, 7) is 2.94. The summed E-state index contributed by atoms with van der Waals surface area (Å²) >= 11 is 3.42. The molecule has 0 aliphatic carbocycles. The van der Waals surface area contributed by atoms with Crippen molar-refractivity contribution in [3.8, 4) is 5.75 Å². The molecule has 2 aromatic carbocycles. The van der Waals surface area contributed by atoms with Gasteiger partial charge in [-0.2, -0.15) is 0 Å². The molecule has 0 aliphatic rings. The number of ether oxygens (including phenoxy) is 1. The van der Waals surface area contributed by atoms with Gasteiger partial charge in [-0.15, -0.1) is 23.1 Å². The molecule has 1 heterocycles. The van der Waals surface area contributed by atoms with Gasteiger partial charge in [-0.3, -0.25) is 4.79 Å². The Morgan fingerprint density at radius 1 is 1.12 bits per heavy atom. The molecular formula is C21H21NO2S2. The lowest BCUT2D eigenvalue weighted by molar-refractivity contribution is 0.0944. The quantitative estimate of drug-likeness (QED) is 0.431. The van der Waals surface area contributed by atoms with Crippen molar-refractivity contribution in [2.45, 2.75) is 17.6 Å². The minimum absolute atomic E-state index is 0.0629.